The van der Waals surface area contributed by atoms with E-state index in [1.807, 2.05) is 19.1 Å². The number of aromatic hydroxyl groups is 1. The van der Waals surface area contributed by atoms with Crippen LogP contribution in [0.15, 0.2) is 24.3 Å². The number of hydrogen-bond donors (Lipinski definition) is 3. The van der Waals surface area contributed by atoms with Crippen molar-refractivity contribution in [2.75, 3.05) is 0 Å². The van der Waals surface area contributed by atoms with Gasteiger partial charge in [-0.05, 0) is 56.2 Å². The van der Waals surface area contributed by atoms with Gasteiger partial charge in [-0.3, -0.25) is 4.79 Å². The number of hydrogen-bond acceptors (Lipinski definition) is 3. The summed E-state index contributed by atoms with van der Waals surface area (Å²) < 4.78 is 0. The van der Waals surface area contributed by atoms with Crippen molar-refractivity contribution >= 4 is 5.97 Å². The number of carbonyl (C=O) groups is 1. The number of nitrogens with one attached hydrogen (secondary N) is 1. The molecular weight excluding hydrogens is 242 g/mol. The van der Waals surface area contributed by atoms with E-state index < -0.39 is 12.0 Å². The molecule has 0 saturated heterocycles. The molecule has 104 valence electrons. The summed E-state index contributed by atoms with van der Waals surface area (Å²) >= 11 is 0. The number of rotatable bonds is 7. The molecule has 0 aliphatic heterocycles. The van der Waals surface area contributed by atoms with Gasteiger partial charge in [-0.15, -0.1) is 0 Å². The van der Waals surface area contributed by atoms with Crippen molar-refractivity contribution in [3.8, 4) is 5.75 Å². The summed E-state index contributed by atoms with van der Waals surface area (Å²) in [5, 5.41) is 21.6. The zero-order valence-corrected chi connectivity index (χ0v) is 11.2. The SMILES string of the molecule is CC(CCc1ccc(O)cc1)NC(C(=O)O)C1CC1. The van der Waals surface area contributed by atoms with Gasteiger partial charge in [0.2, 0.25) is 0 Å². The molecule has 4 heteroatoms. The van der Waals surface area contributed by atoms with Gasteiger partial charge in [0.05, 0.1) is 0 Å². The van der Waals surface area contributed by atoms with Crippen LogP contribution in [0.2, 0.25) is 0 Å². The molecule has 1 saturated carbocycles. The number of carboxylic acids is 1. The van der Waals surface area contributed by atoms with Crippen molar-refractivity contribution < 1.29 is 15.0 Å². The summed E-state index contributed by atoms with van der Waals surface area (Å²) in [5.41, 5.74) is 1.16. The molecular formula is C15H21NO3. The van der Waals surface area contributed by atoms with Crippen molar-refractivity contribution in [3.05, 3.63) is 29.8 Å². The molecule has 3 N–H and O–H groups in total. The number of phenols is 1. The first-order valence-corrected chi connectivity index (χ1v) is 6.83. The standard InChI is InChI=1S/C15H21NO3/c1-10(16-14(15(18)19)12-6-7-12)2-3-11-4-8-13(17)9-5-11/h4-5,8-10,12,14,16-17H,2-3,6-7H2,1H3,(H,18,19). The highest BCUT2D eigenvalue weighted by Gasteiger charge is 2.36. The topological polar surface area (TPSA) is 69.6 Å². The van der Waals surface area contributed by atoms with Gasteiger partial charge in [0.1, 0.15) is 11.8 Å². The highest BCUT2D eigenvalue weighted by Crippen LogP contribution is 2.33. The van der Waals surface area contributed by atoms with Crippen LogP contribution < -0.4 is 5.32 Å². The smallest absolute Gasteiger partial charge is 0.320 e. The average molecular weight is 263 g/mol. The fraction of sp³-hybridized carbons (Fsp3) is 0.533. The lowest BCUT2D eigenvalue weighted by molar-refractivity contribution is -0.140. The maximum Gasteiger partial charge on any atom is 0.320 e. The lowest BCUT2D eigenvalue weighted by atomic mass is 10.0. The van der Waals surface area contributed by atoms with Gasteiger partial charge in [-0.25, -0.2) is 0 Å². The zero-order chi connectivity index (χ0) is 13.8. The van der Waals surface area contributed by atoms with Crippen LogP contribution in [0, 0.1) is 5.92 Å². The van der Waals surface area contributed by atoms with E-state index in [4.69, 9.17) is 5.11 Å². The second-order valence-corrected chi connectivity index (χ2v) is 5.43. The molecule has 1 fully saturated rings. The molecule has 1 aliphatic carbocycles. The van der Waals surface area contributed by atoms with E-state index in [0.29, 0.717) is 5.92 Å². The predicted molar refractivity (Wildman–Crippen MR) is 73.2 cm³/mol. The first kappa shape index (κ1) is 13.9. The van der Waals surface area contributed by atoms with Gasteiger partial charge < -0.3 is 15.5 Å². The fourth-order valence-corrected chi connectivity index (χ4v) is 2.27. The second kappa shape index (κ2) is 6.06. The Morgan fingerprint density at radius 1 is 1.37 bits per heavy atom. The number of aliphatic carboxylic acids is 1. The Balaban J connectivity index is 1.78. The molecule has 1 aromatic rings. The highest BCUT2D eigenvalue weighted by molar-refractivity contribution is 5.74. The Morgan fingerprint density at radius 2 is 2.00 bits per heavy atom. The molecule has 1 aromatic carbocycles. The summed E-state index contributed by atoms with van der Waals surface area (Å²) in [6.07, 6.45) is 3.82. The summed E-state index contributed by atoms with van der Waals surface area (Å²) in [7, 11) is 0. The largest absolute Gasteiger partial charge is 0.508 e. The average Bonchev–Trinajstić information content (AvgIpc) is 3.19. The van der Waals surface area contributed by atoms with Gasteiger partial charge in [0.15, 0.2) is 0 Å². The molecule has 0 bridgehead atoms. The van der Waals surface area contributed by atoms with Crippen LogP contribution in [0.1, 0.15) is 31.7 Å². The van der Waals surface area contributed by atoms with E-state index in [0.717, 1.165) is 31.2 Å². The third-order valence-corrected chi connectivity index (χ3v) is 3.63. The van der Waals surface area contributed by atoms with E-state index in [1.165, 1.54) is 0 Å². The van der Waals surface area contributed by atoms with E-state index in [9.17, 15) is 9.90 Å². The maximum atomic E-state index is 11.1. The summed E-state index contributed by atoms with van der Waals surface area (Å²) in [4.78, 5) is 11.1. The van der Waals surface area contributed by atoms with Crippen LogP contribution in [-0.4, -0.2) is 28.3 Å². The Hall–Kier alpha value is -1.55. The van der Waals surface area contributed by atoms with Crippen LogP contribution in [0.3, 0.4) is 0 Å². The summed E-state index contributed by atoms with van der Waals surface area (Å²) in [6, 6.07) is 6.94. The van der Waals surface area contributed by atoms with Gasteiger partial charge in [-0.2, -0.15) is 0 Å². The van der Waals surface area contributed by atoms with Gasteiger partial charge in [0.25, 0.3) is 0 Å². The summed E-state index contributed by atoms with van der Waals surface area (Å²) in [6.45, 7) is 2.03. The molecule has 2 unspecified atom stereocenters. The van der Waals surface area contributed by atoms with E-state index >= 15 is 0 Å². The van der Waals surface area contributed by atoms with Crippen molar-refractivity contribution in [1.29, 1.82) is 0 Å². The lowest BCUT2D eigenvalue weighted by Gasteiger charge is -2.19. The minimum atomic E-state index is -0.737. The molecule has 2 rings (SSSR count). The number of carboxylic acid groups (broad SMARTS) is 1. The van der Waals surface area contributed by atoms with Crippen LogP contribution in [0.25, 0.3) is 0 Å². The van der Waals surface area contributed by atoms with Crippen molar-refractivity contribution in [2.45, 2.75) is 44.7 Å². The summed E-state index contributed by atoms with van der Waals surface area (Å²) in [5.74, 6) is -0.151. The van der Waals surface area contributed by atoms with Crippen LogP contribution >= 0.6 is 0 Å². The second-order valence-electron chi connectivity index (χ2n) is 5.43. The molecule has 4 nitrogen and oxygen atoms in total. The van der Waals surface area contributed by atoms with Gasteiger partial charge in [0, 0.05) is 6.04 Å². The zero-order valence-electron chi connectivity index (χ0n) is 11.2. The lowest BCUT2D eigenvalue weighted by Crippen LogP contribution is -2.43. The fourth-order valence-electron chi connectivity index (χ4n) is 2.27. The molecule has 0 heterocycles. The van der Waals surface area contributed by atoms with Crippen molar-refractivity contribution in [1.82, 2.24) is 5.32 Å². The predicted octanol–water partition coefficient (Wildman–Crippen LogP) is 2.17. The molecule has 0 spiro atoms. The maximum absolute atomic E-state index is 11.1. The third kappa shape index (κ3) is 4.24. The van der Waals surface area contributed by atoms with Gasteiger partial charge in [-0.1, -0.05) is 12.1 Å². The van der Waals surface area contributed by atoms with Crippen LogP contribution in [-0.2, 0) is 11.2 Å². The molecule has 0 aromatic heterocycles. The molecule has 19 heavy (non-hydrogen) atoms. The van der Waals surface area contributed by atoms with E-state index in [1.54, 1.807) is 12.1 Å². The molecule has 0 amide bonds. The number of aryl methyl sites for hydroxylation is 1. The number of benzene rings is 1. The van der Waals surface area contributed by atoms with Crippen molar-refractivity contribution in [3.63, 3.8) is 0 Å². The first-order valence-electron chi connectivity index (χ1n) is 6.83. The quantitative estimate of drug-likeness (QED) is 0.705. The third-order valence-electron chi connectivity index (χ3n) is 3.63. The number of phenolic OH excluding ortho intramolecular Hbond substituents is 1. The highest BCUT2D eigenvalue weighted by atomic mass is 16.4. The minimum absolute atomic E-state index is 0.176. The minimum Gasteiger partial charge on any atom is -0.508 e. The molecule has 0 radical (unpaired) electrons. The van der Waals surface area contributed by atoms with E-state index in [-0.39, 0.29) is 11.8 Å². The normalized spacial score (nSPS) is 17.9. The van der Waals surface area contributed by atoms with Crippen molar-refractivity contribution in [2.24, 2.45) is 5.92 Å². The molecule has 2 atom stereocenters. The monoisotopic (exact) mass is 263 g/mol. The Bertz CT molecular complexity index is 426. The van der Waals surface area contributed by atoms with Gasteiger partial charge >= 0.3 is 5.97 Å². The Labute approximate surface area is 113 Å². The van der Waals surface area contributed by atoms with E-state index in [2.05, 4.69) is 5.32 Å². The first-order chi connectivity index (χ1) is 9.06. The Morgan fingerprint density at radius 3 is 2.53 bits per heavy atom. The van der Waals surface area contributed by atoms with Crippen LogP contribution in [0.4, 0.5) is 0 Å². The van der Waals surface area contributed by atoms with Crippen LogP contribution in [0.5, 0.6) is 5.75 Å². The molecule has 1 aliphatic rings. The Kier molecular flexibility index (Phi) is 4.43.